The molecule has 6 heteroatoms. The fraction of sp³-hybridized carbons (Fsp3) is 0.154. The van der Waals surface area contributed by atoms with Crippen LogP contribution in [0.3, 0.4) is 0 Å². The van der Waals surface area contributed by atoms with Crippen LogP contribution in [0.25, 0.3) is 0 Å². The average molecular weight is 268 g/mol. The number of rotatable bonds is 3. The lowest BCUT2D eigenvalue weighted by molar-refractivity contribution is 0.464. The van der Waals surface area contributed by atoms with Gasteiger partial charge in [0.05, 0.1) is 6.54 Å². The van der Waals surface area contributed by atoms with Crippen molar-refractivity contribution in [1.29, 1.82) is 0 Å². The minimum Gasteiger partial charge on any atom is -0.506 e. The van der Waals surface area contributed by atoms with Crippen molar-refractivity contribution >= 4 is 5.69 Å². The SMILES string of the molecule is Cc1ccc(O)c(CNc2c(F)cc(F)cc2F)n1. The first-order valence-electron chi connectivity index (χ1n) is 5.51. The molecule has 2 N–H and O–H groups in total. The summed E-state index contributed by atoms with van der Waals surface area (Å²) in [6.07, 6.45) is 0. The molecule has 0 saturated carbocycles. The molecule has 0 fully saturated rings. The van der Waals surface area contributed by atoms with Gasteiger partial charge in [-0.2, -0.15) is 0 Å². The number of aromatic nitrogens is 1. The van der Waals surface area contributed by atoms with Crippen molar-refractivity contribution in [2.45, 2.75) is 13.5 Å². The summed E-state index contributed by atoms with van der Waals surface area (Å²) in [6.45, 7) is 1.65. The van der Waals surface area contributed by atoms with E-state index in [1.54, 1.807) is 13.0 Å². The van der Waals surface area contributed by atoms with Crippen LogP contribution in [0.5, 0.6) is 5.75 Å². The molecule has 1 aromatic carbocycles. The molecule has 0 spiro atoms. The number of nitrogens with zero attached hydrogens (tertiary/aromatic N) is 1. The minimum atomic E-state index is -1.04. The van der Waals surface area contributed by atoms with E-state index in [4.69, 9.17) is 0 Å². The molecule has 1 heterocycles. The van der Waals surface area contributed by atoms with Gasteiger partial charge in [0, 0.05) is 17.8 Å². The molecule has 0 radical (unpaired) electrons. The molecule has 0 unspecified atom stereocenters. The molecule has 0 amide bonds. The summed E-state index contributed by atoms with van der Waals surface area (Å²) < 4.78 is 39.5. The number of pyridine rings is 1. The van der Waals surface area contributed by atoms with Crippen LogP contribution in [0, 0.1) is 24.4 Å². The molecule has 0 aliphatic carbocycles. The van der Waals surface area contributed by atoms with Gasteiger partial charge in [-0.15, -0.1) is 0 Å². The van der Waals surface area contributed by atoms with E-state index in [2.05, 4.69) is 10.3 Å². The molecule has 0 saturated heterocycles. The first kappa shape index (κ1) is 13.2. The standard InChI is InChI=1S/C13H11F3N2O/c1-7-2-3-12(19)11(18-7)6-17-13-9(15)4-8(14)5-10(13)16/h2-5,17,19H,6H2,1H3. The Labute approximate surface area is 107 Å². The molecule has 0 aliphatic rings. The summed E-state index contributed by atoms with van der Waals surface area (Å²) in [4.78, 5) is 4.03. The van der Waals surface area contributed by atoms with Crippen molar-refractivity contribution < 1.29 is 18.3 Å². The second-order valence-electron chi connectivity index (χ2n) is 4.02. The number of anilines is 1. The number of hydrogen-bond acceptors (Lipinski definition) is 3. The van der Waals surface area contributed by atoms with Gasteiger partial charge in [0.1, 0.15) is 22.9 Å². The zero-order chi connectivity index (χ0) is 14.0. The summed E-state index contributed by atoms with van der Waals surface area (Å²) in [7, 11) is 0. The maximum Gasteiger partial charge on any atom is 0.152 e. The number of aromatic hydroxyl groups is 1. The molecular formula is C13H11F3N2O. The molecule has 2 rings (SSSR count). The van der Waals surface area contributed by atoms with Crippen LogP contribution in [0.2, 0.25) is 0 Å². The van der Waals surface area contributed by atoms with Crippen molar-refractivity contribution in [3.05, 3.63) is 53.1 Å². The molecule has 0 atom stereocenters. The molecular weight excluding hydrogens is 257 g/mol. The van der Waals surface area contributed by atoms with Crippen LogP contribution in [-0.4, -0.2) is 10.1 Å². The van der Waals surface area contributed by atoms with Crippen molar-refractivity contribution in [2.24, 2.45) is 0 Å². The first-order valence-corrected chi connectivity index (χ1v) is 5.51. The smallest absolute Gasteiger partial charge is 0.152 e. The van der Waals surface area contributed by atoms with Gasteiger partial charge >= 0.3 is 0 Å². The molecule has 1 aromatic heterocycles. The molecule has 0 aliphatic heterocycles. The lowest BCUT2D eigenvalue weighted by atomic mass is 10.2. The Kier molecular flexibility index (Phi) is 3.59. The van der Waals surface area contributed by atoms with Crippen LogP contribution in [0.4, 0.5) is 18.9 Å². The lowest BCUT2D eigenvalue weighted by Gasteiger charge is -2.10. The summed E-state index contributed by atoms with van der Waals surface area (Å²) in [6, 6.07) is 4.21. The molecule has 19 heavy (non-hydrogen) atoms. The largest absolute Gasteiger partial charge is 0.506 e. The quantitative estimate of drug-likeness (QED) is 0.899. The maximum absolute atomic E-state index is 13.4. The molecule has 2 aromatic rings. The van der Waals surface area contributed by atoms with Crippen molar-refractivity contribution in [1.82, 2.24) is 4.98 Å². The Morgan fingerprint density at radius 1 is 1.16 bits per heavy atom. The van der Waals surface area contributed by atoms with Crippen LogP contribution in [-0.2, 0) is 6.54 Å². The zero-order valence-corrected chi connectivity index (χ0v) is 10.0. The van der Waals surface area contributed by atoms with Gasteiger partial charge in [-0.05, 0) is 19.1 Å². The first-order chi connectivity index (χ1) is 8.97. The molecule has 3 nitrogen and oxygen atoms in total. The predicted octanol–water partition coefficient (Wildman–Crippen LogP) is 3.13. The second kappa shape index (κ2) is 5.17. The Morgan fingerprint density at radius 3 is 2.42 bits per heavy atom. The fourth-order valence-corrected chi connectivity index (χ4v) is 1.62. The van der Waals surface area contributed by atoms with E-state index in [-0.39, 0.29) is 18.0 Å². The highest BCUT2D eigenvalue weighted by molar-refractivity contribution is 5.47. The van der Waals surface area contributed by atoms with E-state index in [0.29, 0.717) is 17.8 Å². The Balaban J connectivity index is 2.21. The van der Waals surface area contributed by atoms with E-state index in [1.165, 1.54) is 6.07 Å². The summed E-state index contributed by atoms with van der Waals surface area (Å²) in [5, 5.41) is 12.0. The van der Waals surface area contributed by atoms with E-state index in [1.807, 2.05) is 0 Å². The van der Waals surface area contributed by atoms with E-state index >= 15 is 0 Å². The van der Waals surface area contributed by atoms with E-state index in [0.717, 1.165) is 0 Å². The highest BCUT2D eigenvalue weighted by Gasteiger charge is 2.12. The average Bonchev–Trinajstić information content (AvgIpc) is 2.32. The topological polar surface area (TPSA) is 45.1 Å². The third kappa shape index (κ3) is 2.96. The third-order valence-electron chi connectivity index (χ3n) is 2.53. The Morgan fingerprint density at radius 2 is 1.79 bits per heavy atom. The fourth-order valence-electron chi connectivity index (χ4n) is 1.62. The van der Waals surface area contributed by atoms with Crippen LogP contribution in [0.1, 0.15) is 11.4 Å². The predicted molar refractivity (Wildman–Crippen MR) is 64.3 cm³/mol. The van der Waals surface area contributed by atoms with Gasteiger partial charge in [0.25, 0.3) is 0 Å². The monoisotopic (exact) mass is 268 g/mol. The van der Waals surface area contributed by atoms with Crippen molar-refractivity contribution in [3.63, 3.8) is 0 Å². The van der Waals surface area contributed by atoms with E-state index in [9.17, 15) is 18.3 Å². The van der Waals surface area contributed by atoms with Gasteiger partial charge in [-0.3, -0.25) is 4.98 Å². The lowest BCUT2D eigenvalue weighted by Crippen LogP contribution is -2.06. The van der Waals surface area contributed by atoms with Gasteiger partial charge in [-0.25, -0.2) is 13.2 Å². The van der Waals surface area contributed by atoms with Crippen molar-refractivity contribution in [2.75, 3.05) is 5.32 Å². The van der Waals surface area contributed by atoms with Gasteiger partial charge in [0.15, 0.2) is 11.6 Å². The van der Waals surface area contributed by atoms with Gasteiger partial charge < -0.3 is 10.4 Å². The number of hydrogen-bond donors (Lipinski definition) is 2. The third-order valence-corrected chi connectivity index (χ3v) is 2.53. The van der Waals surface area contributed by atoms with Crippen molar-refractivity contribution in [3.8, 4) is 5.75 Å². The number of benzene rings is 1. The van der Waals surface area contributed by atoms with E-state index < -0.39 is 23.1 Å². The number of nitrogens with one attached hydrogen (secondary N) is 1. The number of halogens is 3. The summed E-state index contributed by atoms with van der Waals surface area (Å²) in [5.41, 5.74) is 0.460. The number of aryl methyl sites for hydroxylation is 1. The molecule has 100 valence electrons. The maximum atomic E-state index is 13.4. The van der Waals surface area contributed by atoms with Crippen LogP contribution < -0.4 is 5.32 Å². The van der Waals surface area contributed by atoms with Gasteiger partial charge in [0.2, 0.25) is 0 Å². The Bertz CT molecular complexity index is 594. The second-order valence-corrected chi connectivity index (χ2v) is 4.02. The minimum absolute atomic E-state index is 0.0764. The summed E-state index contributed by atoms with van der Waals surface area (Å²) in [5.74, 6) is -3.15. The molecule has 0 bridgehead atoms. The Hall–Kier alpha value is -2.24. The normalized spacial score (nSPS) is 10.5. The van der Waals surface area contributed by atoms with Crippen LogP contribution >= 0.6 is 0 Å². The highest BCUT2D eigenvalue weighted by Crippen LogP contribution is 2.22. The van der Waals surface area contributed by atoms with Gasteiger partial charge in [-0.1, -0.05) is 0 Å². The summed E-state index contributed by atoms with van der Waals surface area (Å²) >= 11 is 0. The highest BCUT2D eigenvalue weighted by atomic mass is 19.1. The zero-order valence-electron chi connectivity index (χ0n) is 10.0. The van der Waals surface area contributed by atoms with Crippen LogP contribution in [0.15, 0.2) is 24.3 Å².